The van der Waals surface area contributed by atoms with Crippen molar-refractivity contribution in [3.05, 3.63) is 47.4 Å². The molecule has 0 N–H and O–H groups in total. The zero-order chi connectivity index (χ0) is 8.55. The van der Waals surface area contributed by atoms with Gasteiger partial charge in [0, 0.05) is 6.42 Å². The van der Waals surface area contributed by atoms with Gasteiger partial charge in [-0.2, -0.15) is 0 Å². The first-order chi connectivity index (χ1) is 5.83. The van der Waals surface area contributed by atoms with Gasteiger partial charge in [0.25, 0.3) is 0 Å². The van der Waals surface area contributed by atoms with E-state index in [9.17, 15) is 0 Å². The third-order valence-electron chi connectivity index (χ3n) is 2.56. The van der Waals surface area contributed by atoms with Gasteiger partial charge >= 0.3 is 0 Å². The SMILES string of the molecule is CCC1=C(C)c2ccccc2[CH]1. The maximum atomic E-state index is 2.30. The van der Waals surface area contributed by atoms with Crippen LogP contribution in [-0.2, 0) is 0 Å². The van der Waals surface area contributed by atoms with Crippen molar-refractivity contribution in [2.45, 2.75) is 20.3 Å². The molecule has 61 valence electrons. The summed E-state index contributed by atoms with van der Waals surface area (Å²) in [5, 5.41) is 0. The van der Waals surface area contributed by atoms with Gasteiger partial charge in [-0.3, -0.25) is 0 Å². The summed E-state index contributed by atoms with van der Waals surface area (Å²) in [6.45, 7) is 4.42. The number of fused-ring (bicyclic) bond motifs is 1. The third-order valence-corrected chi connectivity index (χ3v) is 2.56. The molecule has 0 aliphatic heterocycles. The smallest absolute Gasteiger partial charge is 0.0167 e. The summed E-state index contributed by atoms with van der Waals surface area (Å²) in [6.07, 6.45) is 3.44. The number of hydrogen-bond donors (Lipinski definition) is 0. The molecule has 1 aliphatic rings. The van der Waals surface area contributed by atoms with E-state index >= 15 is 0 Å². The molecule has 12 heavy (non-hydrogen) atoms. The van der Waals surface area contributed by atoms with Crippen molar-refractivity contribution >= 4 is 5.57 Å². The van der Waals surface area contributed by atoms with Crippen LogP contribution in [0.25, 0.3) is 5.57 Å². The van der Waals surface area contributed by atoms with E-state index in [1.165, 1.54) is 22.3 Å². The highest BCUT2D eigenvalue weighted by Crippen LogP contribution is 2.34. The van der Waals surface area contributed by atoms with Crippen LogP contribution in [0.2, 0.25) is 0 Å². The van der Waals surface area contributed by atoms with Crippen LogP contribution in [0.4, 0.5) is 0 Å². The van der Waals surface area contributed by atoms with Crippen molar-refractivity contribution in [2.24, 2.45) is 0 Å². The molecule has 0 spiro atoms. The molecule has 2 rings (SSSR count). The van der Waals surface area contributed by atoms with E-state index < -0.39 is 0 Å². The van der Waals surface area contributed by atoms with Gasteiger partial charge in [-0.25, -0.2) is 0 Å². The van der Waals surface area contributed by atoms with Gasteiger partial charge < -0.3 is 0 Å². The lowest BCUT2D eigenvalue weighted by molar-refractivity contribution is 1.13. The minimum Gasteiger partial charge on any atom is -0.0619 e. The second kappa shape index (κ2) is 2.78. The minimum absolute atomic E-state index is 1.14. The van der Waals surface area contributed by atoms with Gasteiger partial charge in [-0.15, -0.1) is 0 Å². The molecule has 0 nitrogen and oxygen atoms in total. The summed E-state index contributed by atoms with van der Waals surface area (Å²) in [6, 6.07) is 8.58. The third kappa shape index (κ3) is 0.989. The highest BCUT2D eigenvalue weighted by Gasteiger charge is 2.15. The van der Waals surface area contributed by atoms with E-state index in [4.69, 9.17) is 0 Å². The van der Waals surface area contributed by atoms with Crippen LogP contribution in [0.15, 0.2) is 29.8 Å². The molecule has 1 aromatic rings. The largest absolute Gasteiger partial charge is 0.0619 e. The fraction of sp³-hybridized carbons (Fsp3) is 0.250. The van der Waals surface area contributed by atoms with Crippen molar-refractivity contribution in [3.63, 3.8) is 0 Å². The highest BCUT2D eigenvalue weighted by atomic mass is 14.2. The normalized spacial score (nSPS) is 15.2. The average molecular weight is 157 g/mol. The van der Waals surface area contributed by atoms with E-state index in [1.54, 1.807) is 0 Å². The lowest BCUT2D eigenvalue weighted by Crippen LogP contribution is -1.78. The van der Waals surface area contributed by atoms with Gasteiger partial charge in [0.1, 0.15) is 0 Å². The summed E-state index contributed by atoms with van der Waals surface area (Å²) < 4.78 is 0. The van der Waals surface area contributed by atoms with Crippen LogP contribution in [-0.4, -0.2) is 0 Å². The molecule has 0 bridgehead atoms. The standard InChI is InChI=1S/C12H13/c1-3-10-8-11-6-4-5-7-12(11)9(10)2/h4-8H,3H2,1-2H3. The monoisotopic (exact) mass is 157 g/mol. The maximum absolute atomic E-state index is 2.30. The molecule has 0 heteroatoms. The Morgan fingerprint density at radius 1 is 1.17 bits per heavy atom. The van der Waals surface area contributed by atoms with Crippen molar-refractivity contribution in [3.8, 4) is 0 Å². The molecular formula is C12H13. The molecule has 0 aromatic heterocycles. The average Bonchev–Trinajstić information content (AvgIpc) is 2.44. The fourth-order valence-electron chi connectivity index (χ4n) is 1.80. The van der Waals surface area contributed by atoms with Gasteiger partial charge in [-0.1, -0.05) is 36.8 Å². The molecule has 1 aliphatic carbocycles. The Bertz CT molecular complexity index is 332. The Balaban J connectivity index is 2.50. The second-order valence-corrected chi connectivity index (χ2v) is 3.24. The fourth-order valence-corrected chi connectivity index (χ4v) is 1.80. The summed E-state index contributed by atoms with van der Waals surface area (Å²) in [7, 11) is 0. The maximum Gasteiger partial charge on any atom is 0.0167 e. The Kier molecular flexibility index (Phi) is 1.76. The van der Waals surface area contributed by atoms with Crippen molar-refractivity contribution < 1.29 is 0 Å². The number of rotatable bonds is 1. The molecule has 1 aromatic carbocycles. The first-order valence-electron chi connectivity index (χ1n) is 4.47. The van der Waals surface area contributed by atoms with Gasteiger partial charge in [0.05, 0.1) is 0 Å². The van der Waals surface area contributed by atoms with Crippen molar-refractivity contribution in [1.82, 2.24) is 0 Å². The number of allylic oxidation sites excluding steroid dienone is 2. The van der Waals surface area contributed by atoms with Crippen LogP contribution < -0.4 is 0 Å². The predicted octanol–water partition coefficient (Wildman–Crippen LogP) is 3.44. The van der Waals surface area contributed by atoms with E-state index in [2.05, 4.69) is 44.5 Å². The van der Waals surface area contributed by atoms with Crippen molar-refractivity contribution in [2.75, 3.05) is 0 Å². The van der Waals surface area contributed by atoms with Gasteiger partial charge in [0.15, 0.2) is 0 Å². The lowest BCUT2D eigenvalue weighted by Gasteiger charge is -1.98. The topological polar surface area (TPSA) is 0 Å². The second-order valence-electron chi connectivity index (χ2n) is 3.24. The van der Waals surface area contributed by atoms with Gasteiger partial charge in [-0.05, 0) is 30.0 Å². The summed E-state index contributed by atoms with van der Waals surface area (Å²) in [4.78, 5) is 0. The molecular weight excluding hydrogens is 144 g/mol. The van der Waals surface area contributed by atoms with Crippen LogP contribution in [0.3, 0.4) is 0 Å². The van der Waals surface area contributed by atoms with E-state index in [1.807, 2.05) is 0 Å². The van der Waals surface area contributed by atoms with E-state index in [-0.39, 0.29) is 0 Å². The summed E-state index contributed by atoms with van der Waals surface area (Å²) >= 11 is 0. The quantitative estimate of drug-likeness (QED) is 0.585. The van der Waals surface area contributed by atoms with Crippen LogP contribution >= 0.6 is 0 Å². The Hall–Kier alpha value is -1.04. The molecule has 0 atom stereocenters. The highest BCUT2D eigenvalue weighted by molar-refractivity contribution is 5.78. The van der Waals surface area contributed by atoms with Crippen molar-refractivity contribution in [1.29, 1.82) is 0 Å². The Morgan fingerprint density at radius 3 is 2.58 bits per heavy atom. The zero-order valence-corrected chi connectivity index (χ0v) is 7.59. The van der Waals surface area contributed by atoms with E-state index in [0.717, 1.165) is 6.42 Å². The molecule has 0 saturated heterocycles. The molecule has 0 amide bonds. The molecule has 0 fully saturated rings. The van der Waals surface area contributed by atoms with Crippen LogP contribution in [0.1, 0.15) is 31.4 Å². The minimum atomic E-state index is 1.14. The Morgan fingerprint density at radius 2 is 1.92 bits per heavy atom. The van der Waals surface area contributed by atoms with Crippen LogP contribution in [0.5, 0.6) is 0 Å². The Labute approximate surface area is 73.9 Å². The number of hydrogen-bond acceptors (Lipinski definition) is 0. The molecule has 0 heterocycles. The molecule has 0 unspecified atom stereocenters. The lowest BCUT2D eigenvalue weighted by atomic mass is 10.1. The first-order valence-corrected chi connectivity index (χ1v) is 4.47. The number of benzene rings is 1. The van der Waals surface area contributed by atoms with Gasteiger partial charge in [0.2, 0.25) is 0 Å². The molecule has 1 radical (unpaired) electrons. The van der Waals surface area contributed by atoms with Crippen LogP contribution in [0, 0.1) is 6.42 Å². The predicted molar refractivity (Wildman–Crippen MR) is 52.7 cm³/mol. The molecule has 0 saturated carbocycles. The first kappa shape index (κ1) is 7.60. The zero-order valence-electron chi connectivity index (χ0n) is 7.59. The summed E-state index contributed by atoms with van der Waals surface area (Å²) in [5.41, 5.74) is 5.73. The summed E-state index contributed by atoms with van der Waals surface area (Å²) in [5.74, 6) is 0. The van der Waals surface area contributed by atoms with E-state index in [0.29, 0.717) is 0 Å².